The van der Waals surface area contributed by atoms with Gasteiger partial charge in [0.1, 0.15) is 0 Å². The maximum Gasteiger partial charge on any atom is 0.418 e. The molecular weight excluding hydrogens is 293 g/mol. The molecule has 9 heteroatoms. The minimum atomic E-state index is -4.75. The Balaban J connectivity index is 2.69. The average Bonchev–Trinajstić information content (AvgIpc) is 2.79. The number of esters is 1. The number of hydrogen-bond acceptors (Lipinski definition) is 4. The molecule has 1 heterocycles. The number of nitrogens with zero attached hydrogens (tertiary/aromatic N) is 1. The van der Waals surface area contributed by atoms with Crippen LogP contribution in [0.3, 0.4) is 0 Å². The van der Waals surface area contributed by atoms with Crippen LogP contribution in [0.25, 0.3) is 10.9 Å². The second-order valence-corrected chi connectivity index (χ2v) is 4.24. The summed E-state index contributed by atoms with van der Waals surface area (Å²) in [5.74, 6) is -0.657. The highest BCUT2D eigenvalue weighted by Crippen LogP contribution is 2.38. The van der Waals surface area contributed by atoms with E-state index < -0.39 is 28.3 Å². The molecule has 6 nitrogen and oxygen atoms in total. The number of nitro groups is 1. The zero-order chi connectivity index (χ0) is 15.8. The Morgan fingerprint density at radius 3 is 2.62 bits per heavy atom. The fourth-order valence-electron chi connectivity index (χ4n) is 1.98. The molecule has 0 saturated carbocycles. The van der Waals surface area contributed by atoms with E-state index in [0.29, 0.717) is 6.07 Å². The first-order chi connectivity index (χ1) is 9.74. The summed E-state index contributed by atoms with van der Waals surface area (Å²) in [4.78, 5) is 23.5. The Kier molecular flexibility index (Phi) is 3.58. The van der Waals surface area contributed by atoms with E-state index in [1.54, 1.807) is 0 Å². The smallest absolute Gasteiger partial charge is 0.418 e. The maximum atomic E-state index is 13.0. The van der Waals surface area contributed by atoms with Crippen molar-refractivity contribution in [3.63, 3.8) is 0 Å². The number of methoxy groups -OCH3 is 1. The summed E-state index contributed by atoms with van der Waals surface area (Å²) in [6.45, 7) is 0. The Morgan fingerprint density at radius 1 is 1.43 bits per heavy atom. The highest BCUT2D eigenvalue weighted by Gasteiger charge is 2.35. The maximum absolute atomic E-state index is 13.0. The van der Waals surface area contributed by atoms with Gasteiger partial charge in [0.25, 0.3) is 5.69 Å². The Labute approximate surface area is 115 Å². The molecule has 2 aromatic rings. The minimum Gasteiger partial charge on any atom is -0.469 e. The van der Waals surface area contributed by atoms with Gasteiger partial charge in [0.15, 0.2) is 0 Å². The van der Waals surface area contributed by atoms with E-state index in [-0.39, 0.29) is 22.9 Å². The summed E-state index contributed by atoms with van der Waals surface area (Å²) in [7, 11) is 1.14. The Bertz CT molecular complexity index is 721. The average molecular weight is 302 g/mol. The fourth-order valence-corrected chi connectivity index (χ4v) is 1.98. The first-order valence-electron chi connectivity index (χ1n) is 5.66. The van der Waals surface area contributed by atoms with E-state index in [1.165, 1.54) is 6.20 Å². The van der Waals surface area contributed by atoms with Gasteiger partial charge in [-0.1, -0.05) is 0 Å². The van der Waals surface area contributed by atoms with Crippen molar-refractivity contribution in [3.8, 4) is 0 Å². The summed E-state index contributed by atoms with van der Waals surface area (Å²) in [6, 6.07) is 1.46. The van der Waals surface area contributed by atoms with Crippen LogP contribution >= 0.6 is 0 Å². The van der Waals surface area contributed by atoms with Gasteiger partial charge in [-0.3, -0.25) is 14.9 Å². The number of halogens is 3. The molecule has 1 aromatic carbocycles. The summed E-state index contributed by atoms with van der Waals surface area (Å²) in [6.07, 6.45) is -3.83. The van der Waals surface area contributed by atoms with Crippen LogP contribution in [0.4, 0.5) is 18.9 Å². The third-order valence-electron chi connectivity index (χ3n) is 2.94. The second-order valence-electron chi connectivity index (χ2n) is 4.24. The van der Waals surface area contributed by atoms with Crippen LogP contribution in [-0.4, -0.2) is 23.0 Å². The largest absolute Gasteiger partial charge is 0.469 e. The first kappa shape index (κ1) is 14.8. The van der Waals surface area contributed by atoms with Crippen molar-refractivity contribution in [1.29, 1.82) is 0 Å². The lowest BCUT2D eigenvalue weighted by Crippen LogP contribution is -2.07. The molecule has 1 N–H and O–H groups in total. The van der Waals surface area contributed by atoms with Gasteiger partial charge in [-0.15, -0.1) is 0 Å². The fraction of sp³-hybridized carbons (Fsp3) is 0.250. The van der Waals surface area contributed by atoms with Crippen LogP contribution in [0.15, 0.2) is 18.3 Å². The molecular formula is C12H9F3N2O4. The number of aromatic amines is 1. The molecule has 0 aliphatic rings. The number of rotatable bonds is 3. The van der Waals surface area contributed by atoms with Gasteiger partial charge in [-0.2, -0.15) is 13.2 Å². The predicted molar refractivity (Wildman–Crippen MR) is 65.7 cm³/mol. The molecule has 0 fully saturated rings. The quantitative estimate of drug-likeness (QED) is 0.536. The van der Waals surface area contributed by atoms with Crippen molar-refractivity contribution in [2.75, 3.05) is 7.11 Å². The van der Waals surface area contributed by atoms with Crippen molar-refractivity contribution < 1.29 is 27.6 Å². The monoisotopic (exact) mass is 302 g/mol. The number of carbonyl (C=O) groups is 1. The summed E-state index contributed by atoms with van der Waals surface area (Å²) in [5.41, 5.74) is -1.94. The van der Waals surface area contributed by atoms with E-state index in [4.69, 9.17) is 0 Å². The molecule has 0 aliphatic heterocycles. The lowest BCUT2D eigenvalue weighted by Gasteiger charge is -2.08. The summed E-state index contributed by atoms with van der Waals surface area (Å²) < 4.78 is 43.3. The van der Waals surface area contributed by atoms with Gasteiger partial charge in [-0.05, 0) is 5.56 Å². The molecule has 21 heavy (non-hydrogen) atoms. The van der Waals surface area contributed by atoms with Crippen LogP contribution in [0.2, 0.25) is 0 Å². The number of nitrogens with one attached hydrogen (secondary N) is 1. The number of ether oxygens (including phenoxy) is 1. The highest BCUT2D eigenvalue weighted by atomic mass is 19.4. The molecule has 0 spiro atoms. The van der Waals surface area contributed by atoms with Crippen molar-refractivity contribution in [2.24, 2.45) is 0 Å². The van der Waals surface area contributed by atoms with Gasteiger partial charge in [-0.25, -0.2) is 0 Å². The van der Waals surface area contributed by atoms with E-state index in [2.05, 4.69) is 9.72 Å². The molecule has 0 radical (unpaired) electrons. The van der Waals surface area contributed by atoms with Crippen molar-refractivity contribution in [2.45, 2.75) is 12.6 Å². The van der Waals surface area contributed by atoms with Crippen molar-refractivity contribution in [3.05, 3.63) is 39.6 Å². The Hall–Kier alpha value is -2.58. The van der Waals surface area contributed by atoms with Crippen LogP contribution in [-0.2, 0) is 22.1 Å². The predicted octanol–water partition coefficient (Wildman–Crippen LogP) is 2.81. The summed E-state index contributed by atoms with van der Waals surface area (Å²) >= 11 is 0. The molecule has 0 saturated heterocycles. The van der Waals surface area contributed by atoms with E-state index in [0.717, 1.165) is 13.2 Å². The van der Waals surface area contributed by atoms with E-state index >= 15 is 0 Å². The zero-order valence-corrected chi connectivity index (χ0v) is 10.7. The van der Waals surface area contributed by atoms with Gasteiger partial charge in [0.2, 0.25) is 0 Å². The Morgan fingerprint density at radius 2 is 2.10 bits per heavy atom. The second kappa shape index (κ2) is 5.08. The number of fused-ring (bicyclic) bond motifs is 1. The van der Waals surface area contributed by atoms with E-state index in [9.17, 15) is 28.1 Å². The first-order valence-corrected chi connectivity index (χ1v) is 5.66. The molecule has 0 unspecified atom stereocenters. The van der Waals surface area contributed by atoms with Crippen molar-refractivity contribution in [1.82, 2.24) is 4.98 Å². The number of non-ortho nitro benzene ring substituents is 1. The SMILES string of the molecule is COC(=O)Cc1c[nH]c2c(C(F)(F)F)cc([N+](=O)[O-])cc12. The minimum absolute atomic E-state index is 0.0260. The molecule has 2 rings (SSSR count). The number of H-pyrrole nitrogens is 1. The van der Waals surface area contributed by atoms with Gasteiger partial charge in [0, 0.05) is 23.7 Å². The number of nitro benzene ring substituents is 1. The summed E-state index contributed by atoms with van der Waals surface area (Å²) in [5, 5.41) is 10.7. The molecule has 1 aromatic heterocycles. The normalized spacial score (nSPS) is 11.6. The number of aromatic nitrogens is 1. The van der Waals surface area contributed by atoms with Crippen molar-refractivity contribution >= 4 is 22.6 Å². The lowest BCUT2D eigenvalue weighted by molar-refractivity contribution is -0.385. The topological polar surface area (TPSA) is 85.2 Å². The molecule has 0 atom stereocenters. The third-order valence-corrected chi connectivity index (χ3v) is 2.94. The van der Waals surface area contributed by atoms with Crippen LogP contribution in [0.1, 0.15) is 11.1 Å². The highest BCUT2D eigenvalue weighted by molar-refractivity contribution is 5.91. The van der Waals surface area contributed by atoms with Crippen LogP contribution in [0, 0.1) is 10.1 Å². The number of alkyl halides is 3. The molecule has 112 valence electrons. The number of benzene rings is 1. The van der Waals surface area contributed by atoms with Gasteiger partial charge >= 0.3 is 12.1 Å². The standard InChI is InChI=1S/C12H9F3N2O4/c1-21-10(18)2-6-5-16-11-8(6)3-7(17(19)20)4-9(11)12(13,14)15/h3-5,16H,2H2,1H3. The number of hydrogen-bond donors (Lipinski definition) is 1. The van der Waals surface area contributed by atoms with Gasteiger partial charge in [0.05, 0.1) is 29.5 Å². The molecule has 0 bridgehead atoms. The lowest BCUT2D eigenvalue weighted by atomic mass is 10.1. The molecule has 0 aliphatic carbocycles. The third kappa shape index (κ3) is 2.81. The van der Waals surface area contributed by atoms with E-state index in [1.807, 2.05) is 0 Å². The molecule has 0 amide bonds. The van der Waals surface area contributed by atoms with Crippen LogP contribution in [0.5, 0.6) is 0 Å². The van der Waals surface area contributed by atoms with Gasteiger partial charge < -0.3 is 9.72 Å². The van der Waals surface area contributed by atoms with Crippen LogP contribution < -0.4 is 0 Å². The number of carbonyl (C=O) groups excluding carboxylic acids is 1. The zero-order valence-electron chi connectivity index (χ0n) is 10.7.